The molecule has 1 saturated heterocycles. The third kappa shape index (κ3) is 6.73. The lowest BCUT2D eigenvalue weighted by Gasteiger charge is -2.24. The Hall–Kier alpha value is -5.47. The molecule has 0 saturated carbocycles. The number of anilines is 1. The number of aliphatic imine (C=N–C) groups is 1. The van der Waals surface area contributed by atoms with Gasteiger partial charge in [-0.05, 0) is 72.5 Å². The van der Waals surface area contributed by atoms with Gasteiger partial charge >= 0.3 is 0 Å². The number of rotatable bonds is 9. The van der Waals surface area contributed by atoms with E-state index in [1.807, 2.05) is 65.6 Å². The van der Waals surface area contributed by atoms with Crippen molar-refractivity contribution < 1.29 is 9.53 Å². The Morgan fingerprint density at radius 1 is 0.936 bits per heavy atom. The van der Waals surface area contributed by atoms with Crippen LogP contribution in [0.4, 0.5) is 11.5 Å². The predicted molar refractivity (Wildman–Crippen MR) is 186 cm³/mol. The molecule has 1 aliphatic heterocycles. The van der Waals surface area contributed by atoms with E-state index in [-0.39, 0.29) is 18.6 Å². The molecule has 0 aliphatic carbocycles. The molecular weight excluding hydrogens is 584 g/mol. The van der Waals surface area contributed by atoms with Crippen LogP contribution in [0.5, 0.6) is 0 Å². The molecule has 3 aromatic heterocycles. The fourth-order valence-electron chi connectivity index (χ4n) is 6.16. The van der Waals surface area contributed by atoms with Crippen LogP contribution < -0.4 is 5.32 Å². The van der Waals surface area contributed by atoms with E-state index in [0.717, 1.165) is 75.8 Å². The molecule has 3 aromatic carbocycles. The number of pyridine rings is 2. The Balaban J connectivity index is 1.28. The fraction of sp³-hybridized carbons (Fsp3) is 0.205. The molecule has 0 spiro atoms. The van der Waals surface area contributed by atoms with Crippen LogP contribution in [-0.4, -0.2) is 38.0 Å². The number of carbonyl (C=O) groups is 1. The molecule has 7 rings (SSSR count). The number of aryl methyl sites for hydroxylation is 1. The first-order chi connectivity index (χ1) is 23.2. The number of nitrogens with zero attached hydrogens (tertiary/aromatic N) is 5. The number of fused-ring (bicyclic) bond motifs is 1. The van der Waals surface area contributed by atoms with E-state index in [1.54, 1.807) is 12.4 Å². The highest BCUT2D eigenvalue weighted by Gasteiger charge is 2.20. The minimum Gasteiger partial charge on any atom is -0.357 e. The first kappa shape index (κ1) is 30.2. The van der Waals surface area contributed by atoms with E-state index >= 15 is 0 Å². The summed E-state index contributed by atoms with van der Waals surface area (Å²) in [6.45, 7) is 2.86. The summed E-state index contributed by atoms with van der Waals surface area (Å²) in [5.41, 5.74) is 7.74. The molecule has 0 bridgehead atoms. The Bertz CT molecular complexity index is 1990. The second-order valence-electron chi connectivity index (χ2n) is 11.7. The molecular formula is C39H36N6O2. The van der Waals surface area contributed by atoms with Crippen molar-refractivity contribution in [1.82, 2.24) is 19.7 Å². The largest absolute Gasteiger partial charge is 0.357 e. The highest BCUT2D eigenvalue weighted by Crippen LogP contribution is 2.36. The zero-order valence-electron chi connectivity index (χ0n) is 26.3. The van der Waals surface area contributed by atoms with Gasteiger partial charge < -0.3 is 10.1 Å². The summed E-state index contributed by atoms with van der Waals surface area (Å²) < 4.78 is 7.74. The summed E-state index contributed by atoms with van der Waals surface area (Å²) in [7, 11) is 0. The zero-order valence-corrected chi connectivity index (χ0v) is 26.3. The number of hydrogen-bond donors (Lipinski definition) is 1. The molecule has 8 heteroatoms. The second-order valence-corrected chi connectivity index (χ2v) is 11.7. The van der Waals surface area contributed by atoms with Gasteiger partial charge in [0, 0.05) is 53.5 Å². The van der Waals surface area contributed by atoms with Gasteiger partial charge in [0.25, 0.3) is 0 Å². The SMILES string of the molecule is CCc1ccncc1-c1cc(N=C(c2ccccc2)c2ccccc2)c2cnc(NC(=O)Cc3ccnn3C3CCCCO3)cc2c1. The third-order valence-electron chi connectivity index (χ3n) is 8.53. The number of hydrogen-bond acceptors (Lipinski definition) is 6. The molecule has 1 amide bonds. The number of benzene rings is 3. The number of ether oxygens (including phenoxy) is 1. The van der Waals surface area contributed by atoms with Gasteiger partial charge in [0.15, 0.2) is 0 Å². The highest BCUT2D eigenvalue weighted by atomic mass is 16.5. The third-order valence-corrected chi connectivity index (χ3v) is 8.53. The summed E-state index contributed by atoms with van der Waals surface area (Å²) in [4.78, 5) is 27.7. The summed E-state index contributed by atoms with van der Waals surface area (Å²) in [6, 6.07) is 30.5. The van der Waals surface area contributed by atoms with Crippen molar-refractivity contribution in [2.24, 2.45) is 4.99 Å². The van der Waals surface area contributed by atoms with E-state index in [9.17, 15) is 4.79 Å². The van der Waals surface area contributed by atoms with E-state index in [0.29, 0.717) is 12.4 Å². The lowest BCUT2D eigenvalue weighted by Crippen LogP contribution is -2.23. The van der Waals surface area contributed by atoms with Gasteiger partial charge in [0.05, 0.1) is 23.5 Å². The number of carbonyl (C=O) groups excluding carboxylic acids is 1. The van der Waals surface area contributed by atoms with Crippen molar-refractivity contribution >= 4 is 33.9 Å². The van der Waals surface area contributed by atoms with E-state index in [4.69, 9.17) is 9.73 Å². The molecule has 1 atom stereocenters. The molecule has 8 nitrogen and oxygen atoms in total. The zero-order chi connectivity index (χ0) is 32.0. The van der Waals surface area contributed by atoms with Crippen molar-refractivity contribution in [3.63, 3.8) is 0 Å². The lowest BCUT2D eigenvalue weighted by atomic mass is 9.96. The van der Waals surface area contributed by atoms with E-state index < -0.39 is 0 Å². The smallest absolute Gasteiger partial charge is 0.231 e. The van der Waals surface area contributed by atoms with Crippen molar-refractivity contribution in [2.45, 2.75) is 45.3 Å². The van der Waals surface area contributed by atoms with Gasteiger partial charge in [-0.3, -0.25) is 9.78 Å². The van der Waals surface area contributed by atoms with Gasteiger partial charge in [-0.2, -0.15) is 5.10 Å². The Morgan fingerprint density at radius 3 is 2.45 bits per heavy atom. The first-order valence-corrected chi connectivity index (χ1v) is 16.2. The quantitative estimate of drug-likeness (QED) is 0.165. The van der Waals surface area contributed by atoms with E-state index in [1.165, 1.54) is 5.56 Å². The molecule has 1 unspecified atom stereocenters. The Kier molecular flexibility index (Phi) is 8.92. The summed E-state index contributed by atoms with van der Waals surface area (Å²) >= 11 is 0. The highest BCUT2D eigenvalue weighted by molar-refractivity contribution is 6.15. The number of nitrogens with one attached hydrogen (secondary N) is 1. The van der Waals surface area contributed by atoms with Crippen LogP contribution in [0.15, 0.2) is 121 Å². The van der Waals surface area contributed by atoms with Crippen molar-refractivity contribution in [2.75, 3.05) is 11.9 Å². The average molecular weight is 621 g/mol. The molecule has 1 fully saturated rings. The monoisotopic (exact) mass is 620 g/mol. The maximum absolute atomic E-state index is 13.3. The summed E-state index contributed by atoms with van der Waals surface area (Å²) in [5, 5.41) is 9.26. The predicted octanol–water partition coefficient (Wildman–Crippen LogP) is 8.11. The molecule has 47 heavy (non-hydrogen) atoms. The second kappa shape index (κ2) is 13.9. The molecule has 1 aliphatic rings. The van der Waals surface area contributed by atoms with Crippen LogP contribution >= 0.6 is 0 Å². The molecule has 4 heterocycles. The van der Waals surface area contributed by atoms with Crippen molar-refractivity contribution in [1.29, 1.82) is 0 Å². The summed E-state index contributed by atoms with van der Waals surface area (Å²) in [6.07, 6.45) is 11.2. The standard InChI is InChI=1S/C39H36N6O2/c1-2-27-16-18-40-25-33(27)30-21-31-23-36(44-37(46)24-32-17-19-42-45(32)38-15-9-10-20-47-38)41-26-34(31)35(22-30)43-39(28-11-5-3-6-12-28)29-13-7-4-8-14-29/h3-8,11-14,16-19,21-23,25-26,38H,2,9-10,15,20,24H2,1H3,(H,41,44,46). The van der Waals surface area contributed by atoms with Crippen molar-refractivity contribution in [3.05, 3.63) is 138 Å². The van der Waals surface area contributed by atoms with Gasteiger partial charge in [0.1, 0.15) is 12.0 Å². The van der Waals surface area contributed by atoms with Crippen molar-refractivity contribution in [3.8, 4) is 11.1 Å². The summed E-state index contributed by atoms with van der Waals surface area (Å²) in [5.74, 6) is 0.308. The number of amides is 1. The topological polar surface area (TPSA) is 94.3 Å². The molecule has 234 valence electrons. The molecule has 1 N–H and O–H groups in total. The Labute approximate surface area is 274 Å². The van der Waals surface area contributed by atoms with Gasteiger partial charge in [0.2, 0.25) is 5.91 Å². The van der Waals surface area contributed by atoms with Crippen LogP contribution in [0.25, 0.3) is 21.9 Å². The van der Waals surface area contributed by atoms with Crippen LogP contribution in [0.3, 0.4) is 0 Å². The maximum Gasteiger partial charge on any atom is 0.231 e. The lowest BCUT2D eigenvalue weighted by molar-refractivity contribution is -0.115. The average Bonchev–Trinajstić information content (AvgIpc) is 3.59. The van der Waals surface area contributed by atoms with Crippen LogP contribution in [0.2, 0.25) is 0 Å². The van der Waals surface area contributed by atoms with Gasteiger partial charge in [-0.1, -0.05) is 67.6 Å². The Morgan fingerprint density at radius 2 is 1.72 bits per heavy atom. The van der Waals surface area contributed by atoms with Crippen LogP contribution in [0.1, 0.15) is 54.8 Å². The minimum atomic E-state index is -0.167. The van der Waals surface area contributed by atoms with Gasteiger partial charge in [-0.25, -0.2) is 14.7 Å². The first-order valence-electron chi connectivity index (χ1n) is 16.2. The van der Waals surface area contributed by atoms with Gasteiger partial charge in [-0.15, -0.1) is 0 Å². The molecule has 6 aromatic rings. The normalized spacial score (nSPS) is 14.5. The van der Waals surface area contributed by atoms with Crippen LogP contribution in [0, 0.1) is 0 Å². The van der Waals surface area contributed by atoms with E-state index in [2.05, 4.69) is 69.8 Å². The molecule has 0 radical (unpaired) electrons. The number of aromatic nitrogens is 4. The van der Waals surface area contributed by atoms with Crippen LogP contribution in [-0.2, 0) is 22.4 Å². The minimum absolute atomic E-state index is 0.130. The fourth-order valence-corrected chi connectivity index (χ4v) is 6.16. The maximum atomic E-state index is 13.3.